The highest BCUT2D eigenvalue weighted by Gasteiger charge is 2.33. The molecule has 2 aromatic rings. The molecule has 2 aliphatic rings. The summed E-state index contributed by atoms with van der Waals surface area (Å²) >= 11 is 0. The largest absolute Gasteiger partial charge is 0.481 e. The zero-order valence-corrected chi connectivity index (χ0v) is 18.3. The van der Waals surface area contributed by atoms with Crippen molar-refractivity contribution in [3.8, 4) is 11.1 Å². The zero-order valence-electron chi connectivity index (χ0n) is 18.3. The molecule has 1 fully saturated rings. The summed E-state index contributed by atoms with van der Waals surface area (Å²) < 4.78 is 5.54. The topological polar surface area (TPSA) is 105 Å². The Kier molecular flexibility index (Phi) is 6.77. The van der Waals surface area contributed by atoms with Gasteiger partial charge in [-0.15, -0.1) is 6.58 Å². The van der Waals surface area contributed by atoms with Crippen molar-refractivity contribution in [2.24, 2.45) is 5.92 Å². The third-order valence-corrected chi connectivity index (χ3v) is 6.48. The number of aliphatic carboxylic acids is 1. The van der Waals surface area contributed by atoms with Gasteiger partial charge in [0, 0.05) is 12.0 Å². The van der Waals surface area contributed by atoms with Gasteiger partial charge in [-0.1, -0.05) is 54.6 Å². The molecule has 1 saturated carbocycles. The van der Waals surface area contributed by atoms with Crippen molar-refractivity contribution in [3.05, 3.63) is 72.3 Å². The SMILES string of the molecule is C=CCC(NC(=O)OCC1c2ccccc2-c2ccccc21)C(=O)N[C@H]1CC[C@@H](C(=O)O)C1. The fourth-order valence-corrected chi connectivity index (χ4v) is 4.82. The van der Waals surface area contributed by atoms with Gasteiger partial charge in [0.25, 0.3) is 0 Å². The molecule has 0 radical (unpaired) electrons. The summed E-state index contributed by atoms with van der Waals surface area (Å²) in [5, 5.41) is 14.6. The minimum Gasteiger partial charge on any atom is -0.481 e. The molecular weight excluding hydrogens is 420 g/mol. The molecule has 0 spiro atoms. The van der Waals surface area contributed by atoms with E-state index in [1.165, 1.54) is 0 Å². The number of carboxylic acid groups (broad SMARTS) is 1. The van der Waals surface area contributed by atoms with Gasteiger partial charge in [0.15, 0.2) is 0 Å². The molecule has 4 rings (SSSR count). The normalized spacial score (nSPS) is 19.8. The number of nitrogens with one attached hydrogen (secondary N) is 2. The molecule has 0 heterocycles. The maximum Gasteiger partial charge on any atom is 0.407 e. The van der Waals surface area contributed by atoms with Gasteiger partial charge in [0.2, 0.25) is 5.91 Å². The number of benzene rings is 2. The van der Waals surface area contributed by atoms with Crippen molar-refractivity contribution in [1.82, 2.24) is 10.6 Å². The van der Waals surface area contributed by atoms with Crippen LogP contribution >= 0.6 is 0 Å². The van der Waals surface area contributed by atoms with Crippen LogP contribution in [0.4, 0.5) is 4.79 Å². The maximum absolute atomic E-state index is 12.7. The van der Waals surface area contributed by atoms with Crippen LogP contribution in [0.2, 0.25) is 0 Å². The van der Waals surface area contributed by atoms with Crippen LogP contribution in [0, 0.1) is 5.92 Å². The van der Waals surface area contributed by atoms with Gasteiger partial charge in [-0.05, 0) is 47.9 Å². The molecule has 2 aliphatic carbocycles. The predicted octanol–water partition coefficient (Wildman–Crippen LogP) is 3.84. The molecule has 0 saturated heterocycles. The molecule has 172 valence electrons. The molecular formula is C26H28N2O5. The van der Waals surface area contributed by atoms with Crippen LogP contribution in [0.5, 0.6) is 0 Å². The highest BCUT2D eigenvalue weighted by Crippen LogP contribution is 2.44. The number of carbonyl (C=O) groups excluding carboxylic acids is 2. The van der Waals surface area contributed by atoms with Gasteiger partial charge < -0.3 is 20.5 Å². The average molecular weight is 449 g/mol. The van der Waals surface area contributed by atoms with E-state index in [-0.39, 0.29) is 30.9 Å². The minimum atomic E-state index is -0.842. The van der Waals surface area contributed by atoms with Crippen LogP contribution in [0.15, 0.2) is 61.2 Å². The van der Waals surface area contributed by atoms with Crippen LogP contribution < -0.4 is 10.6 Å². The van der Waals surface area contributed by atoms with Crippen LogP contribution in [0.3, 0.4) is 0 Å². The lowest BCUT2D eigenvalue weighted by atomic mass is 9.98. The molecule has 1 unspecified atom stereocenters. The number of amides is 2. The molecule has 33 heavy (non-hydrogen) atoms. The molecule has 7 heteroatoms. The van der Waals surface area contributed by atoms with E-state index in [9.17, 15) is 14.4 Å². The Hall–Kier alpha value is -3.61. The van der Waals surface area contributed by atoms with Crippen LogP contribution in [-0.4, -0.2) is 41.8 Å². The summed E-state index contributed by atoms with van der Waals surface area (Å²) in [6.45, 7) is 3.82. The van der Waals surface area contributed by atoms with Gasteiger partial charge >= 0.3 is 12.1 Å². The minimum absolute atomic E-state index is 0.0683. The van der Waals surface area contributed by atoms with Gasteiger partial charge in [-0.3, -0.25) is 9.59 Å². The van der Waals surface area contributed by atoms with E-state index in [4.69, 9.17) is 9.84 Å². The third-order valence-electron chi connectivity index (χ3n) is 6.48. The summed E-state index contributed by atoms with van der Waals surface area (Å²) in [6.07, 6.45) is 2.66. The van der Waals surface area contributed by atoms with Gasteiger partial charge in [0.1, 0.15) is 12.6 Å². The summed E-state index contributed by atoms with van der Waals surface area (Å²) in [4.78, 5) is 36.4. The Labute approximate surface area is 192 Å². The first-order valence-electron chi connectivity index (χ1n) is 11.2. The van der Waals surface area contributed by atoms with E-state index in [1.54, 1.807) is 6.08 Å². The van der Waals surface area contributed by atoms with E-state index in [0.717, 1.165) is 22.3 Å². The fourth-order valence-electron chi connectivity index (χ4n) is 4.82. The lowest BCUT2D eigenvalue weighted by Gasteiger charge is -2.21. The number of alkyl carbamates (subject to hydrolysis) is 1. The first kappa shape index (κ1) is 22.6. The van der Waals surface area contributed by atoms with Crippen LogP contribution in [0.1, 0.15) is 42.7 Å². The van der Waals surface area contributed by atoms with E-state index >= 15 is 0 Å². The quantitative estimate of drug-likeness (QED) is 0.532. The van der Waals surface area contributed by atoms with Gasteiger partial charge in [-0.2, -0.15) is 0 Å². The van der Waals surface area contributed by atoms with Crippen molar-refractivity contribution in [2.75, 3.05) is 6.61 Å². The maximum atomic E-state index is 12.7. The number of fused-ring (bicyclic) bond motifs is 3. The van der Waals surface area contributed by atoms with Crippen LogP contribution in [-0.2, 0) is 14.3 Å². The Morgan fingerprint density at radius 1 is 1.06 bits per heavy atom. The van der Waals surface area contributed by atoms with Crippen molar-refractivity contribution in [3.63, 3.8) is 0 Å². The number of carboxylic acids is 1. The van der Waals surface area contributed by atoms with Crippen molar-refractivity contribution < 1.29 is 24.2 Å². The highest BCUT2D eigenvalue weighted by molar-refractivity contribution is 5.86. The molecule has 2 aromatic carbocycles. The Morgan fingerprint density at radius 3 is 2.27 bits per heavy atom. The summed E-state index contributed by atoms with van der Waals surface area (Å²) in [7, 11) is 0. The third kappa shape index (κ3) is 4.92. The molecule has 0 aromatic heterocycles. The first-order chi connectivity index (χ1) is 16.0. The lowest BCUT2D eigenvalue weighted by Crippen LogP contribution is -2.49. The van der Waals surface area contributed by atoms with Crippen molar-refractivity contribution >= 4 is 18.0 Å². The van der Waals surface area contributed by atoms with E-state index in [0.29, 0.717) is 19.3 Å². The highest BCUT2D eigenvalue weighted by atomic mass is 16.5. The smallest absolute Gasteiger partial charge is 0.407 e. The molecule has 3 N–H and O–H groups in total. The number of rotatable bonds is 8. The second-order valence-corrected chi connectivity index (χ2v) is 8.60. The number of hydrogen-bond acceptors (Lipinski definition) is 4. The number of hydrogen-bond donors (Lipinski definition) is 3. The summed E-state index contributed by atoms with van der Waals surface area (Å²) in [5.41, 5.74) is 4.51. The zero-order chi connectivity index (χ0) is 23.4. The molecule has 7 nitrogen and oxygen atoms in total. The van der Waals surface area contributed by atoms with Gasteiger partial charge in [-0.25, -0.2) is 4.79 Å². The van der Waals surface area contributed by atoms with Crippen LogP contribution in [0.25, 0.3) is 11.1 Å². The molecule has 2 amide bonds. The molecule has 3 atom stereocenters. The van der Waals surface area contributed by atoms with Gasteiger partial charge in [0.05, 0.1) is 5.92 Å². The van der Waals surface area contributed by atoms with Crippen molar-refractivity contribution in [2.45, 2.75) is 43.7 Å². The Morgan fingerprint density at radius 2 is 1.70 bits per heavy atom. The Bertz CT molecular complexity index is 1020. The van der Waals surface area contributed by atoms with E-state index in [2.05, 4.69) is 29.3 Å². The fraction of sp³-hybridized carbons (Fsp3) is 0.346. The van der Waals surface area contributed by atoms with Crippen molar-refractivity contribution in [1.29, 1.82) is 0 Å². The summed E-state index contributed by atoms with van der Waals surface area (Å²) in [6, 6.07) is 15.1. The second kappa shape index (κ2) is 9.90. The van der Waals surface area contributed by atoms with E-state index < -0.39 is 24.0 Å². The lowest BCUT2D eigenvalue weighted by molar-refractivity contribution is -0.141. The first-order valence-corrected chi connectivity index (χ1v) is 11.2. The number of ether oxygens (including phenoxy) is 1. The standard InChI is InChI=1S/C26H28N2O5/c1-2-7-23(24(29)27-17-13-12-16(14-17)25(30)31)28-26(32)33-15-22-20-10-5-3-8-18(20)19-9-4-6-11-21(19)22/h2-6,8-11,16-17,22-23H,1,7,12-15H2,(H,27,29)(H,28,32)(H,30,31)/t16-,17+,23?/m1/s1. The monoisotopic (exact) mass is 448 g/mol. The second-order valence-electron chi connectivity index (χ2n) is 8.60. The summed E-state index contributed by atoms with van der Waals surface area (Å²) in [5.74, 6) is -1.71. The number of carbonyl (C=O) groups is 3. The molecule has 0 bridgehead atoms. The van der Waals surface area contributed by atoms with E-state index in [1.807, 2.05) is 36.4 Å². The predicted molar refractivity (Wildman–Crippen MR) is 124 cm³/mol. The average Bonchev–Trinajstić information content (AvgIpc) is 3.40. The molecule has 0 aliphatic heterocycles. The Balaban J connectivity index is 1.36.